The van der Waals surface area contributed by atoms with E-state index in [0.717, 1.165) is 11.8 Å². The van der Waals surface area contributed by atoms with E-state index in [4.69, 9.17) is 4.43 Å². The van der Waals surface area contributed by atoms with Gasteiger partial charge in [0.05, 0.1) is 0 Å². The van der Waals surface area contributed by atoms with Crippen LogP contribution in [0.5, 0.6) is 0 Å². The summed E-state index contributed by atoms with van der Waals surface area (Å²) < 4.78 is 8.18. The smallest absolute Gasteiger partial charge is 0.192 e. The van der Waals surface area contributed by atoms with Crippen LogP contribution in [0.3, 0.4) is 0 Å². The highest BCUT2D eigenvalue weighted by atomic mass is 127. The molecule has 0 N–H and O–H groups in total. The van der Waals surface area contributed by atoms with Crippen LogP contribution in [0.15, 0.2) is 11.6 Å². The Hall–Kier alpha value is 0.647. The van der Waals surface area contributed by atoms with Gasteiger partial charge in [-0.15, -0.1) is 0 Å². The summed E-state index contributed by atoms with van der Waals surface area (Å²) in [5, 5.41) is 0.310. The fourth-order valence-corrected chi connectivity index (χ4v) is 6.83. The average molecular weight is 449 g/mol. The number of allylic oxidation sites excluding steroid dienone is 2. The molecule has 2 unspecified atom stereocenters. The summed E-state index contributed by atoms with van der Waals surface area (Å²) in [6.07, 6.45) is 9.62. The van der Waals surface area contributed by atoms with Gasteiger partial charge in [-0.3, -0.25) is 0 Å². The van der Waals surface area contributed by atoms with Gasteiger partial charge in [0, 0.05) is 10.5 Å². The highest BCUT2D eigenvalue weighted by molar-refractivity contribution is 14.1. The summed E-state index contributed by atoms with van der Waals surface area (Å²) in [6.45, 7) is 16.9. The SMILES string of the molecule is C[C@@H](CCI)C1=CC[C@H]2C(O[Si](C)(C)C(C)(C)C)CCCC12C. The molecule has 1 saturated carbocycles. The predicted molar refractivity (Wildman–Crippen MR) is 113 cm³/mol. The maximum atomic E-state index is 6.91. The summed E-state index contributed by atoms with van der Waals surface area (Å²) in [6, 6.07) is 0. The molecule has 0 aliphatic heterocycles. The first-order chi connectivity index (χ1) is 10.5. The molecule has 0 bridgehead atoms. The van der Waals surface area contributed by atoms with Gasteiger partial charge in [-0.2, -0.15) is 0 Å². The second-order valence-electron chi connectivity index (χ2n) is 9.61. The van der Waals surface area contributed by atoms with Crippen LogP contribution in [0.4, 0.5) is 0 Å². The summed E-state index contributed by atoms with van der Waals surface area (Å²) >= 11 is 2.53. The zero-order valence-electron chi connectivity index (χ0n) is 16.3. The van der Waals surface area contributed by atoms with Crippen molar-refractivity contribution in [2.45, 2.75) is 91.0 Å². The Bertz CT molecular complexity index is 451. The normalized spacial score (nSPS) is 33.3. The molecule has 0 aromatic rings. The summed E-state index contributed by atoms with van der Waals surface area (Å²) in [5.74, 6) is 1.46. The Morgan fingerprint density at radius 1 is 1.39 bits per heavy atom. The third kappa shape index (κ3) is 3.92. The number of hydrogen-bond acceptors (Lipinski definition) is 1. The molecule has 23 heavy (non-hydrogen) atoms. The molecule has 2 aliphatic rings. The Kier molecular flexibility index (Phi) is 6.17. The van der Waals surface area contributed by atoms with Crippen LogP contribution < -0.4 is 0 Å². The first kappa shape index (κ1) is 20.0. The van der Waals surface area contributed by atoms with Gasteiger partial charge in [-0.25, -0.2) is 0 Å². The Balaban J connectivity index is 2.16. The lowest BCUT2D eigenvalue weighted by Crippen LogP contribution is -2.49. The van der Waals surface area contributed by atoms with Gasteiger partial charge in [0.25, 0.3) is 0 Å². The molecule has 1 fully saturated rings. The summed E-state index contributed by atoms with van der Waals surface area (Å²) in [5.41, 5.74) is 2.15. The monoisotopic (exact) mass is 448 g/mol. The minimum absolute atomic E-state index is 0.310. The molecule has 0 heterocycles. The van der Waals surface area contributed by atoms with E-state index in [-0.39, 0.29) is 0 Å². The van der Waals surface area contributed by atoms with Crippen molar-refractivity contribution in [2.24, 2.45) is 17.3 Å². The van der Waals surface area contributed by atoms with E-state index in [1.165, 1.54) is 36.5 Å². The molecule has 0 spiro atoms. The van der Waals surface area contributed by atoms with Crippen LogP contribution in [-0.4, -0.2) is 18.8 Å². The molecule has 0 saturated heterocycles. The fourth-order valence-electron chi connectivity index (χ4n) is 4.50. The maximum absolute atomic E-state index is 6.91. The highest BCUT2D eigenvalue weighted by Gasteiger charge is 2.51. The van der Waals surface area contributed by atoms with Crippen molar-refractivity contribution in [1.82, 2.24) is 0 Å². The lowest BCUT2D eigenvalue weighted by atomic mass is 9.63. The van der Waals surface area contributed by atoms with Gasteiger partial charge >= 0.3 is 0 Å². The van der Waals surface area contributed by atoms with Crippen molar-refractivity contribution < 1.29 is 4.43 Å². The lowest BCUT2D eigenvalue weighted by molar-refractivity contribution is 0.0161. The van der Waals surface area contributed by atoms with E-state index in [0.29, 0.717) is 16.6 Å². The van der Waals surface area contributed by atoms with Crippen molar-refractivity contribution in [2.75, 3.05) is 4.43 Å². The van der Waals surface area contributed by atoms with E-state index >= 15 is 0 Å². The van der Waals surface area contributed by atoms with E-state index < -0.39 is 8.32 Å². The molecule has 1 nitrogen and oxygen atoms in total. The Labute approximate surface area is 159 Å². The molecular formula is C20H37IOSi. The topological polar surface area (TPSA) is 9.23 Å². The molecule has 0 amide bonds. The molecular weight excluding hydrogens is 411 g/mol. The molecule has 0 radical (unpaired) electrons. The molecule has 0 aromatic carbocycles. The number of hydrogen-bond donors (Lipinski definition) is 0. The second-order valence-corrected chi connectivity index (χ2v) is 15.4. The maximum Gasteiger partial charge on any atom is 0.192 e. The van der Waals surface area contributed by atoms with Crippen molar-refractivity contribution in [3.05, 3.63) is 11.6 Å². The number of alkyl halides is 1. The van der Waals surface area contributed by atoms with E-state index in [2.05, 4.69) is 76.4 Å². The van der Waals surface area contributed by atoms with E-state index in [9.17, 15) is 0 Å². The standard InChI is InChI=1S/C20H37IOSi/c1-15(12-14-21)16-10-11-17-18(9-8-13-20(16,17)5)22-23(6,7)19(2,3)4/h10,15,17-18H,8-9,11-14H2,1-7H3/t15-,17-,18?,20?/m0/s1. The first-order valence-electron chi connectivity index (χ1n) is 9.47. The third-order valence-corrected chi connectivity index (χ3v) is 12.2. The molecule has 134 valence electrons. The first-order valence-corrected chi connectivity index (χ1v) is 13.9. The Morgan fingerprint density at radius 3 is 2.61 bits per heavy atom. The quantitative estimate of drug-likeness (QED) is 0.191. The predicted octanol–water partition coefficient (Wildman–Crippen LogP) is 6.97. The summed E-state index contributed by atoms with van der Waals surface area (Å²) in [7, 11) is -1.67. The van der Waals surface area contributed by atoms with Gasteiger partial charge in [0.15, 0.2) is 8.32 Å². The largest absolute Gasteiger partial charge is 0.414 e. The van der Waals surface area contributed by atoms with Gasteiger partial charge in [0.1, 0.15) is 0 Å². The second kappa shape index (κ2) is 7.11. The van der Waals surface area contributed by atoms with E-state index in [1.807, 2.05) is 0 Å². The minimum atomic E-state index is -1.67. The van der Waals surface area contributed by atoms with Crippen LogP contribution >= 0.6 is 22.6 Å². The van der Waals surface area contributed by atoms with Crippen LogP contribution in [-0.2, 0) is 4.43 Å². The number of rotatable bonds is 5. The average Bonchev–Trinajstić information content (AvgIpc) is 2.75. The van der Waals surface area contributed by atoms with Crippen molar-refractivity contribution in [3.8, 4) is 0 Å². The molecule has 2 rings (SSSR count). The third-order valence-electron chi connectivity index (χ3n) is 7.03. The zero-order chi connectivity index (χ0) is 17.5. The molecule has 0 aromatic heterocycles. The van der Waals surface area contributed by atoms with Gasteiger partial charge in [-0.1, -0.05) is 75.3 Å². The zero-order valence-corrected chi connectivity index (χ0v) is 19.5. The van der Waals surface area contributed by atoms with Crippen LogP contribution in [0.25, 0.3) is 0 Å². The van der Waals surface area contributed by atoms with Crippen LogP contribution in [0.1, 0.15) is 66.7 Å². The molecule has 3 heteroatoms. The van der Waals surface area contributed by atoms with Crippen LogP contribution in [0.2, 0.25) is 18.1 Å². The van der Waals surface area contributed by atoms with Crippen molar-refractivity contribution >= 4 is 30.9 Å². The lowest BCUT2D eigenvalue weighted by Gasteiger charge is -2.49. The molecule has 2 aliphatic carbocycles. The van der Waals surface area contributed by atoms with Gasteiger partial charge in [-0.05, 0) is 61.1 Å². The number of fused-ring (bicyclic) bond motifs is 1. The highest BCUT2D eigenvalue weighted by Crippen LogP contribution is 2.56. The minimum Gasteiger partial charge on any atom is -0.414 e. The summed E-state index contributed by atoms with van der Waals surface area (Å²) in [4.78, 5) is 0. The van der Waals surface area contributed by atoms with Crippen LogP contribution in [0, 0.1) is 17.3 Å². The van der Waals surface area contributed by atoms with Gasteiger partial charge in [0.2, 0.25) is 0 Å². The van der Waals surface area contributed by atoms with Crippen molar-refractivity contribution in [3.63, 3.8) is 0 Å². The number of halogens is 1. The Morgan fingerprint density at radius 2 is 2.04 bits per heavy atom. The van der Waals surface area contributed by atoms with Gasteiger partial charge < -0.3 is 4.43 Å². The molecule has 4 atom stereocenters. The van der Waals surface area contributed by atoms with Crippen molar-refractivity contribution in [1.29, 1.82) is 0 Å². The fraction of sp³-hybridized carbons (Fsp3) is 0.900. The van der Waals surface area contributed by atoms with E-state index in [1.54, 1.807) is 5.57 Å².